The van der Waals surface area contributed by atoms with Crippen LogP contribution in [-0.4, -0.2) is 76.9 Å². The SMILES string of the molecule is CC1OC(=O)C(N(C(=O)OC(C)(C)C)C(=O)OC(C)(C)C)COCC(O)C1Oc1ccc(F)cc1. The third kappa shape index (κ3) is 8.66. The Hall–Kier alpha value is -2.92. The van der Waals surface area contributed by atoms with Crippen molar-refractivity contribution in [3.05, 3.63) is 30.1 Å². The van der Waals surface area contributed by atoms with Gasteiger partial charge < -0.3 is 28.8 Å². The lowest BCUT2D eigenvalue weighted by molar-refractivity contribution is -0.160. The first kappa shape index (κ1) is 28.3. The van der Waals surface area contributed by atoms with Crippen molar-refractivity contribution < 1.29 is 47.6 Å². The minimum atomic E-state index is -1.56. The molecule has 196 valence electrons. The second kappa shape index (κ2) is 11.2. The number of amides is 2. The van der Waals surface area contributed by atoms with Crippen molar-refractivity contribution in [3.63, 3.8) is 0 Å². The maximum absolute atomic E-state index is 13.2. The van der Waals surface area contributed by atoms with E-state index >= 15 is 0 Å². The van der Waals surface area contributed by atoms with Gasteiger partial charge in [-0.05, 0) is 72.7 Å². The highest BCUT2D eigenvalue weighted by Gasteiger charge is 2.44. The Morgan fingerprint density at radius 2 is 1.51 bits per heavy atom. The van der Waals surface area contributed by atoms with Gasteiger partial charge in [-0.25, -0.2) is 18.8 Å². The Labute approximate surface area is 204 Å². The van der Waals surface area contributed by atoms with E-state index in [1.165, 1.54) is 31.2 Å². The number of cyclic esters (lactones) is 1. The van der Waals surface area contributed by atoms with Crippen molar-refractivity contribution in [2.45, 2.75) is 84.0 Å². The van der Waals surface area contributed by atoms with Crippen LogP contribution in [-0.2, 0) is 23.7 Å². The fraction of sp³-hybridized carbons (Fsp3) is 0.625. The van der Waals surface area contributed by atoms with E-state index in [2.05, 4.69) is 0 Å². The zero-order valence-electron chi connectivity index (χ0n) is 21.1. The Balaban J connectivity index is 2.32. The number of hydrogen-bond donors (Lipinski definition) is 1. The van der Waals surface area contributed by atoms with E-state index < -0.39 is 66.1 Å². The summed E-state index contributed by atoms with van der Waals surface area (Å²) in [7, 11) is 0. The van der Waals surface area contributed by atoms with Crippen molar-refractivity contribution in [2.75, 3.05) is 13.2 Å². The number of hydrogen-bond acceptors (Lipinski definition) is 9. The lowest BCUT2D eigenvalue weighted by atomic mass is 10.1. The quantitative estimate of drug-likeness (QED) is 0.492. The van der Waals surface area contributed by atoms with Gasteiger partial charge in [0.25, 0.3) is 0 Å². The van der Waals surface area contributed by atoms with Crippen molar-refractivity contribution in [3.8, 4) is 5.75 Å². The summed E-state index contributed by atoms with van der Waals surface area (Å²) in [5, 5.41) is 10.6. The van der Waals surface area contributed by atoms with E-state index in [9.17, 15) is 23.9 Å². The summed E-state index contributed by atoms with van der Waals surface area (Å²) in [6.07, 6.45) is -5.61. The van der Waals surface area contributed by atoms with Gasteiger partial charge in [0.15, 0.2) is 12.1 Å². The van der Waals surface area contributed by atoms with E-state index in [1.807, 2.05) is 0 Å². The molecule has 2 rings (SSSR count). The third-order valence-corrected chi connectivity index (χ3v) is 4.56. The fourth-order valence-corrected chi connectivity index (χ4v) is 3.08. The molecule has 1 saturated heterocycles. The lowest BCUT2D eigenvalue weighted by Gasteiger charge is -2.32. The van der Waals surface area contributed by atoms with Crippen molar-refractivity contribution in [1.29, 1.82) is 0 Å². The molecule has 1 aliphatic heterocycles. The second-order valence-electron chi connectivity index (χ2n) is 10.1. The molecule has 1 heterocycles. The summed E-state index contributed by atoms with van der Waals surface area (Å²) in [6.45, 7) is 10.3. The van der Waals surface area contributed by atoms with E-state index in [1.54, 1.807) is 41.5 Å². The van der Waals surface area contributed by atoms with Gasteiger partial charge in [-0.15, -0.1) is 0 Å². The average molecular weight is 500 g/mol. The zero-order valence-corrected chi connectivity index (χ0v) is 21.1. The Morgan fingerprint density at radius 1 is 1.00 bits per heavy atom. The molecule has 1 aliphatic rings. The topological polar surface area (TPSA) is 121 Å². The molecule has 10 nitrogen and oxygen atoms in total. The van der Waals surface area contributed by atoms with Gasteiger partial charge >= 0.3 is 18.2 Å². The summed E-state index contributed by atoms with van der Waals surface area (Å²) in [5.41, 5.74) is -1.95. The Kier molecular flexibility index (Phi) is 9.07. The van der Waals surface area contributed by atoms with Crippen LogP contribution in [0.25, 0.3) is 0 Å². The molecule has 1 aromatic carbocycles. The number of imide groups is 1. The number of halogens is 1. The number of aliphatic hydroxyl groups is 1. The van der Waals surface area contributed by atoms with Crippen LogP contribution in [0.5, 0.6) is 5.75 Å². The summed E-state index contributed by atoms with van der Waals surface area (Å²) in [4.78, 5) is 39.5. The van der Waals surface area contributed by atoms with E-state index in [0.717, 1.165) is 0 Å². The second-order valence-corrected chi connectivity index (χ2v) is 10.1. The molecule has 1 fully saturated rings. The van der Waals surface area contributed by atoms with Gasteiger partial charge in [0.05, 0.1) is 13.2 Å². The highest BCUT2D eigenvalue weighted by molar-refractivity contribution is 5.94. The number of ether oxygens (including phenoxy) is 5. The first-order valence-electron chi connectivity index (χ1n) is 11.2. The summed E-state index contributed by atoms with van der Waals surface area (Å²) < 4.78 is 40.5. The number of carbonyl (C=O) groups is 3. The van der Waals surface area contributed by atoms with E-state index in [4.69, 9.17) is 23.7 Å². The molecule has 0 bridgehead atoms. The van der Waals surface area contributed by atoms with Crippen LogP contribution in [0.3, 0.4) is 0 Å². The Bertz CT molecular complexity index is 864. The van der Waals surface area contributed by atoms with Crippen LogP contribution in [0.2, 0.25) is 0 Å². The molecule has 2 amide bonds. The molecule has 0 aromatic heterocycles. The number of aliphatic hydroxyl groups excluding tert-OH is 1. The van der Waals surface area contributed by atoms with E-state index in [-0.39, 0.29) is 12.4 Å². The maximum atomic E-state index is 13.2. The first-order chi connectivity index (χ1) is 16.1. The number of nitrogens with zero attached hydrogens (tertiary/aromatic N) is 1. The predicted octanol–water partition coefficient (Wildman–Crippen LogP) is 3.44. The number of benzene rings is 1. The van der Waals surface area contributed by atoms with Crippen molar-refractivity contribution in [1.82, 2.24) is 4.90 Å². The van der Waals surface area contributed by atoms with Crippen molar-refractivity contribution >= 4 is 18.2 Å². The molecular formula is C24H34FNO9. The van der Waals surface area contributed by atoms with Gasteiger partial charge in [-0.2, -0.15) is 4.90 Å². The maximum Gasteiger partial charge on any atom is 0.420 e. The van der Waals surface area contributed by atoms with Gasteiger partial charge in [-0.3, -0.25) is 0 Å². The van der Waals surface area contributed by atoms with Gasteiger partial charge in [-0.1, -0.05) is 0 Å². The smallest absolute Gasteiger partial charge is 0.420 e. The van der Waals surface area contributed by atoms with Gasteiger partial charge in [0.2, 0.25) is 0 Å². The molecule has 0 aliphatic carbocycles. The zero-order chi connectivity index (χ0) is 26.6. The first-order valence-corrected chi connectivity index (χ1v) is 11.2. The normalized spacial score (nSPS) is 23.7. The van der Waals surface area contributed by atoms with Crippen LogP contribution in [0, 0.1) is 5.82 Å². The van der Waals surface area contributed by atoms with Crippen LogP contribution in [0.15, 0.2) is 24.3 Å². The van der Waals surface area contributed by atoms with Gasteiger partial charge in [0, 0.05) is 0 Å². The van der Waals surface area contributed by atoms with Crippen LogP contribution < -0.4 is 4.74 Å². The summed E-state index contributed by atoms with van der Waals surface area (Å²) >= 11 is 0. The minimum Gasteiger partial charge on any atom is -0.484 e. The number of rotatable bonds is 3. The molecule has 1 N–H and O–H groups in total. The Morgan fingerprint density at radius 3 is 2.00 bits per heavy atom. The highest BCUT2D eigenvalue weighted by atomic mass is 19.1. The molecule has 0 radical (unpaired) electrons. The molecule has 0 saturated carbocycles. The van der Waals surface area contributed by atoms with Gasteiger partial charge in [0.1, 0.15) is 35.0 Å². The summed E-state index contributed by atoms with van der Waals surface area (Å²) in [5.74, 6) is -1.23. The molecule has 35 heavy (non-hydrogen) atoms. The van der Waals surface area contributed by atoms with Crippen LogP contribution >= 0.6 is 0 Å². The molecular weight excluding hydrogens is 465 g/mol. The number of esters is 1. The highest BCUT2D eigenvalue weighted by Crippen LogP contribution is 2.22. The van der Waals surface area contributed by atoms with Crippen molar-refractivity contribution in [2.24, 2.45) is 0 Å². The van der Waals surface area contributed by atoms with E-state index in [0.29, 0.717) is 4.90 Å². The molecule has 11 heteroatoms. The monoisotopic (exact) mass is 499 g/mol. The summed E-state index contributed by atoms with van der Waals surface area (Å²) in [6, 6.07) is 3.53. The molecule has 0 spiro atoms. The lowest BCUT2D eigenvalue weighted by Crippen LogP contribution is -2.54. The van der Waals surface area contributed by atoms with Crippen LogP contribution in [0.4, 0.5) is 14.0 Å². The third-order valence-electron chi connectivity index (χ3n) is 4.56. The predicted molar refractivity (Wildman–Crippen MR) is 121 cm³/mol. The number of carbonyl (C=O) groups excluding carboxylic acids is 3. The largest absolute Gasteiger partial charge is 0.484 e. The molecule has 4 unspecified atom stereocenters. The molecule has 4 atom stereocenters. The molecule has 1 aromatic rings. The standard InChI is InChI=1S/C24H34FNO9/c1-14-19(33-16-10-8-15(25)9-11-16)18(27)13-31-12-17(20(28)32-14)26(21(29)34-23(2,3)4)22(30)35-24(5,6)7/h8-11,14,17-19,27H,12-13H2,1-7H3. The average Bonchev–Trinajstić information content (AvgIpc) is 2.73. The van der Waals surface area contributed by atoms with Crippen LogP contribution in [0.1, 0.15) is 48.5 Å². The fourth-order valence-electron chi connectivity index (χ4n) is 3.08. The minimum absolute atomic E-state index is 0.235.